The number of fused-ring (bicyclic) bond motifs is 1. The second-order valence-electron chi connectivity index (χ2n) is 5.40. The number of aryl methyl sites for hydroxylation is 1. The van der Waals surface area contributed by atoms with Crippen molar-refractivity contribution < 1.29 is 9.18 Å². The van der Waals surface area contributed by atoms with E-state index >= 15 is 0 Å². The highest BCUT2D eigenvalue weighted by molar-refractivity contribution is 7.09. The molecular formula is C18H17FN2O2S. The van der Waals surface area contributed by atoms with Gasteiger partial charge in [0.05, 0.1) is 5.52 Å². The van der Waals surface area contributed by atoms with Crippen molar-refractivity contribution in [1.82, 2.24) is 9.88 Å². The fourth-order valence-corrected chi connectivity index (χ4v) is 3.35. The Morgan fingerprint density at radius 1 is 1.33 bits per heavy atom. The first-order chi connectivity index (χ1) is 11.6. The molecule has 4 nitrogen and oxygen atoms in total. The Bertz CT molecular complexity index is 932. The molecule has 6 heteroatoms. The number of benzene rings is 1. The first-order valence-corrected chi connectivity index (χ1v) is 8.61. The Balaban J connectivity index is 1.89. The average molecular weight is 344 g/mol. The van der Waals surface area contributed by atoms with Crippen molar-refractivity contribution in [1.29, 1.82) is 0 Å². The van der Waals surface area contributed by atoms with Gasteiger partial charge in [0.2, 0.25) is 5.43 Å². The fourth-order valence-electron chi connectivity index (χ4n) is 2.64. The number of thiophene rings is 1. The van der Waals surface area contributed by atoms with E-state index in [2.05, 4.69) is 5.32 Å². The summed E-state index contributed by atoms with van der Waals surface area (Å²) in [7, 11) is 0. The van der Waals surface area contributed by atoms with E-state index in [4.69, 9.17) is 0 Å². The largest absolute Gasteiger partial charge is 0.352 e. The number of hydrogen-bond acceptors (Lipinski definition) is 3. The second-order valence-corrected chi connectivity index (χ2v) is 6.44. The highest BCUT2D eigenvalue weighted by Gasteiger charge is 2.15. The number of amides is 1. The van der Waals surface area contributed by atoms with Crippen molar-refractivity contribution in [3.63, 3.8) is 0 Å². The summed E-state index contributed by atoms with van der Waals surface area (Å²) in [4.78, 5) is 26.1. The number of rotatable bonds is 5. The van der Waals surface area contributed by atoms with Gasteiger partial charge in [0.25, 0.3) is 5.91 Å². The van der Waals surface area contributed by atoms with E-state index in [9.17, 15) is 14.0 Å². The van der Waals surface area contributed by atoms with Crippen LogP contribution in [0, 0.1) is 5.82 Å². The molecule has 1 N–H and O–H groups in total. The Kier molecular flexibility index (Phi) is 4.76. The summed E-state index contributed by atoms with van der Waals surface area (Å²) in [6.45, 7) is 2.94. The maximum absolute atomic E-state index is 13.5. The number of hydrogen-bond donors (Lipinski definition) is 1. The molecule has 0 aliphatic rings. The zero-order valence-corrected chi connectivity index (χ0v) is 14.0. The summed E-state index contributed by atoms with van der Waals surface area (Å²) < 4.78 is 15.3. The molecule has 2 aromatic heterocycles. The van der Waals surface area contributed by atoms with Gasteiger partial charge in [-0.05, 0) is 43.0 Å². The molecule has 0 saturated carbocycles. The predicted molar refractivity (Wildman–Crippen MR) is 94.2 cm³/mol. The van der Waals surface area contributed by atoms with Gasteiger partial charge in [0.1, 0.15) is 11.4 Å². The Morgan fingerprint density at radius 3 is 2.88 bits per heavy atom. The standard InChI is InChI=1S/C18H17FN2O2S/c1-2-21-11-15(17(22)14-10-12(19)5-6-16(14)21)18(23)20-8-7-13-4-3-9-24-13/h3-6,9-11H,2,7-8H2,1H3,(H,20,23). The molecule has 1 aromatic carbocycles. The summed E-state index contributed by atoms with van der Waals surface area (Å²) >= 11 is 1.62. The van der Waals surface area contributed by atoms with E-state index in [0.717, 1.165) is 0 Å². The van der Waals surface area contributed by atoms with Gasteiger partial charge in [-0.25, -0.2) is 4.39 Å². The van der Waals surface area contributed by atoms with Crippen LogP contribution in [-0.2, 0) is 13.0 Å². The number of nitrogens with zero attached hydrogens (tertiary/aromatic N) is 1. The van der Waals surface area contributed by atoms with Crippen LogP contribution in [0.25, 0.3) is 10.9 Å². The monoisotopic (exact) mass is 344 g/mol. The summed E-state index contributed by atoms with van der Waals surface area (Å²) in [6.07, 6.45) is 2.26. The smallest absolute Gasteiger partial charge is 0.256 e. The van der Waals surface area contributed by atoms with E-state index in [1.54, 1.807) is 28.2 Å². The highest BCUT2D eigenvalue weighted by atomic mass is 32.1. The molecule has 1 amide bonds. The Hall–Kier alpha value is -2.47. The van der Waals surface area contributed by atoms with Crippen molar-refractivity contribution in [3.05, 3.63) is 68.4 Å². The summed E-state index contributed by atoms with van der Waals surface area (Å²) in [5.74, 6) is -0.914. The second kappa shape index (κ2) is 6.97. The van der Waals surface area contributed by atoms with Crippen LogP contribution in [0.1, 0.15) is 22.2 Å². The first kappa shape index (κ1) is 16.4. The zero-order chi connectivity index (χ0) is 17.1. The molecule has 0 aliphatic carbocycles. The SMILES string of the molecule is CCn1cc(C(=O)NCCc2cccs2)c(=O)c2cc(F)ccc21. The van der Waals surface area contributed by atoms with Crippen LogP contribution < -0.4 is 10.7 Å². The molecule has 0 aliphatic heterocycles. The molecule has 0 unspecified atom stereocenters. The molecule has 2 heterocycles. The van der Waals surface area contributed by atoms with E-state index in [1.165, 1.54) is 17.0 Å². The zero-order valence-electron chi connectivity index (χ0n) is 13.2. The summed E-state index contributed by atoms with van der Waals surface area (Å²) in [5, 5.41) is 4.98. The third-order valence-electron chi connectivity index (χ3n) is 3.86. The lowest BCUT2D eigenvalue weighted by Crippen LogP contribution is -2.31. The summed E-state index contributed by atoms with van der Waals surface area (Å²) in [6, 6.07) is 8.02. The number of nitrogens with one attached hydrogen (secondary N) is 1. The molecule has 124 valence electrons. The van der Waals surface area contributed by atoms with Crippen molar-refractivity contribution in [2.24, 2.45) is 0 Å². The van der Waals surface area contributed by atoms with Crippen molar-refractivity contribution >= 4 is 28.1 Å². The van der Waals surface area contributed by atoms with Crippen LogP contribution in [-0.4, -0.2) is 17.0 Å². The minimum atomic E-state index is -0.488. The number of aromatic nitrogens is 1. The lowest BCUT2D eigenvalue weighted by Gasteiger charge is -2.11. The number of pyridine rings is 1. The van der Waals surface area contributed by atoms with Crippen LogP contribution in [0.2, 0.25) is 0 Å². The van der Waals surface area contributed by atoms with E-state index in [-0.39, 0.29) is 10.9 Å². The predicted octanol–water partition coefficient (Wildman–Crippen LogP) is 3.19. The molecule has 24 heavy (non-hydrogen) atoms. The van der Waals surface area contributed by atoms with Crippen LogP contribution in [0.4, 0.5) is 4.39 Å². The quantitative estimate of drug-likeness (QED) is 0.773. The number of halogens is 1. The lowest BCUT2D eigenvalue weighted by molar-refractivity contribution is 0.0952. The average Bonchev–Trinajstić information content (AvgIpc) is 3.09. The molecule has 3 aromatic rings. The van der Waals surface area contributed by atoms with Gasteiger partial charge in [-0.15, -0.1) is 11.3 Å². The summed E-state index contributed by atoms with van der Waals surface area (Å²) in [5.41, 5.74) is 0.225. The number of carbonyl (C=O) groups is 1. The number of carbonyl (C=O) groups excluding carboxylic acids is 1. The van der Waals surface area contributed by atoms with E-state index in [1.807, 2.05) is 24.4 Å². The fraction of sp³-hybridized carbons (Fsp3) is 0.222. The minimum absolute atomic E-state index is 0.0427. The van der Waals surface area contributed by atoms with Gasteiger partial charge in [-0.3, -0.25) is 9.59 Å². The minimum Gasteiger partial charge on any atom is -0.352 e. The van der Waals surface area contributed by atoms with Crippen molar-refractivity contribution in [3.8, 4) is 0 Å². The molecular weight excluding hydrogens is 327 g/mol. The van der Waals surface area contributed by atoms with Crippen LogP contribution >= 0.6 is 11.3 Å². The highest BCUT2D eigenvalue weighted by Crippen LogP contribution is 2.14. The maximum Gasteiger partial charge on any atom is 0.256 e. The van der Waals surface area contributed by atoms with E-state index < -0.39 is 17.2 Å². The van der Waals surface area contributed by atoms with Crippen molar-refractivity contribution in [2.75, 3.05) is 6.54 Å². The van der Waals surface area contributed by atoms with Gasteiger partial charge in [-0.1, -0.05) is 6.07 Å². The third-order valence-corrected chi connectivity index (χ3v) is 4.80. The van der Waals surface area contributed by atoms with Crippen LogP contribution in [0.3, 0.4) is 0 Å². The topological polar surface area (TPSA) is 51.1 Å². The van der Waals surface area contributed by atoms with Crippen LogP contribution in [0.5, 0.6) is 0 Å². The van der Waals surface area contributed by atoms with Crippen molar-refractivity contribution in [2.45, 2.75) is 19.9 Å². The normalized spacial score (nSPS) is 10.9. The maximum atomic E-state index is 13.5. The van der Waals surface area contributed by atoms with E-state index in [0.29, 0.717) is 25.0 Å². The lowest BCUT2D eigenvalue weighted by atomic mass is 10.1. The third kappa shape index (κ3) is 3.23. The molecule has 0 radical (unpaired) electrons. The van der Waals surface area contributed by atoms with Gasteiger partial charge >= 0.3 is 0 Å². The van der Waals surface area contributed by atoms with Gasteiger partial charge in [0, 0.05) is 29.5 Å². The Labute approximate surface area is 142 Å². The molecule has 0 bridgehead atoms. The molecule has 0 saturated heterocycles. The molecule has 0 fully saturated rings. The first-order valence-electron chi connectivity index (χ1n) is 7.73. The molecule has 0 spiro atoms. The van der Waals surface area contributed by atoms with Crippen LogP contribution in [0.15, 0.2) is 46.7 Å². The van der Waals surface area contributed by atoms with Gasteiger partial charge < -0.3 is 9.88 Å². The molecule has 0 atom stereocenters. The van der Waals surface area contributed by atoms with Gasteiger partial charge in [-0.2, -0.15) is 0 Å². The molecule has 3 rings (SSSR count). The van der Waals surface area contributed by atoms with Gasteiger partial charge in [0.15, 0.2) is 0 Å². The Morgan fingerprint density at radius 2 is 2.17 bits per heavy atom.